The Balaban J connectivity index is 1.70. The van der Waals surface area contributed by atoms with Gasteiger partial charge in [0.2, 0.25) is 5.88 Å². The van der Waals surface area contributed by atoms with E-state index in [-0.39, 0.29) is 28.8 Å². The molecule has 0 saturated carbocycles. The number of primary amides is 1. The van der Waals surface area contributed by atoms with Crippen molar-refractivity contribution in [1.82, 2.24) is 24.8 Å². The van der Waals surface area contributed by atoms with E-state index in [1.807, 2.05) is 6.08 Å². The predicted molar refractivity (Wildman–Crippen MR) is 125 cm³/mol. The van der Waals surface area contributed by atoms with Crippen LogP contribution in [0, 0.1) is 18.6 Å². The number of nitrogens with one attached hydrogen (secondary N) is 1. The number of aromatic nitrogens is 3. The van der Waals surface area contributed by atoms with Gasteiger partial charge in [-0.05, 0) is 26.1 Å². The maximum atomic E-state index is 15.1. The highest BCUT2D eigenvalue weighted by Gasteiger charge is 2.24. The topological polar surface area (TPSA) is 100 Å². The van der Waals surface area contributed by atoms with Gasteiger partial charge in [-0.3, -0.25) is 4.79 Å². The van der Waals surface area contributed by atoms with Gasteiger partial charge in [0, 0.05) is 55.4 Å². The molecule has 1 amide bonds. The number of aromatic amines is 1. The second kappa shape index (κ2) is 9.60. The molecule has 1 aromatic carbocycles. The van der Waals surface area contributed by atoms with E-state index < -0.39 is 23.3 Å². The minimum atomic E-state index is -0.832. The lowest BCUT2D eigenvalue weighted by molar-refractivity contribution is 0.0995. The third kappa shape index (κ3) is 4.62. The maximum Gasteiger partial charge on any atom is 0.256 e. The smallest absolute Gasteiger partial charge is 0.256 e. The number of carbonyl (C=O) groups is 1. The van der Waals surface area contributed by atoms with Gasteiger partial charge in [-0.15, -0.1) is 0 Å². The SMILES string of the molecule is C=C/C=C(\Cc1ncnc(Oc2cc(F)c3[nH]c(C)cc3c2F)c1C(N)=O)N1CCN(C)CC1. The number of H-pyrrole nitrogens is 1. The highest BCUT2D eigenvalue weighted by atomic mass is 19.1. The quantitative estimate of drug-likeness (QED) is 0.516. The van der Waals surface area contributed by atoms with Crippen molar-refractivity contribution < 1.29 is 18.3 Å². The van der Waals surface area contributed by atoms with Crippen LogP contribution in [-0.4, -0.2) is 63.9 Å². The lowest BCUT2D eigenvalue weighted by atomic mass is 10.1. The number of hydrogen-bond acceptors (Lipinski definition) is 6. The lowest BCUT2D eigenvalue weighted by Crippen LogP contribution is -2.44. The van der Waals surface area contributed by atoms with Crippen LogP contribution in [-0.2, 0) is 6.42 Å². The first-order chi connectivity index (χ1) is 16.3. The zero-order valence-electron chi connectivity index (χ0n) is 19.1. The first-order valence-electron chi connectivity index (χ1n) is 10.8. The molecule has 0 bridgehead atoms. The number of nitrogens with two attached hydrogens (primary N) is 1. The van der Waals surface area contributed by atoms with Crippen molar-refractivity contribution in [3.63, 3.8) is 0 Å². The molecule has 0 aliphatic carbocycles. The van der Waals surface area contributed by atoms with Crippen LogP contribution in [0.25, 0.3) is 10.9 Å². The number of halogens is 2. The van der Waals surface area contributed by atoms with E-state index in [0.29, 0.717) is 11.4 Å². The van der Waals surface area contributed by atoms with Gasteiger partial charge in [0.25, 0.3) is 5.91 Å². The number of amides is 1. The van der Waals surface area contributed by atoms with E-state index in [1.165, 1.54) is 12.4 Å². The monoisotopic (exact) mass is 468 g/mol. The Morgan fingerprint density at radius 3 is 2.68 bits per heavy atom. The van der Waals surface area contributed by atoms with Crippen LogP contribution < -0.4 is 10.5 Å². The Bertz CT molecular complexity index is 1280. The molecular formula is C24H26F2N6O2. The highest BCUT2D eigenvalue weighted by Crippen LogP contribution is 2.33. The third-order valence-electron chi connectivity index (χ3n) is 5.81. The van der Waals surface area contributed by atoms with Gasteiger partial charge in [0.1, 0.15) is 11.9 Å². The Morgan fingerprint density at radius 2 is 2.00 bits per heavy atom. The van der Waals surface area contributed by atoms with Gasteiger partial charge in [0.05, 0.1) is 11.2 Å². The number of aryl methyl sites for hydroxylation is 1. The summed E-state index contributed by atoms with van der Waals surface area (Å²) in [7, 11) is 2.06. The van der Waals surface area contributed by atoms with E-state index in [9.17, 15) is 9.18 Å². The normalized spacial score (nSPS) is 15.1. The summed E-state index contributed by atoms with van der Waals surface area (Å²) in [5.74, 6) is -2.95. The molecule has 2 aromatic heterocycles. The van der Waals surface area contributed by atoms with Crippen molar-refractivity contribution >= 4 is 16.8 Å². The molecule has 4 rings (SSSR count). The number of ether oxygens (including phenoxy) is 1. The van der Waals surface area contributed by atoms with E-state index in [0.717, 1.165) is 37.9 Å². The van der Waals surface area contributed by atoms with Crippen LogP contribution >= 0.6 is 0 Å². The Labute approximate surface area is 195 Å². The Morgan fingerprint density at radius 1 is 1.26 bits per heavy atom. The second-order valence-corrected chi connectivity index (χ2v) is 8.24. The molecule has 0 spiro atoms. The summed E-state index contributed by atoms with van der Waals surface area (Å²) in [5, 5.41) is 0.0358. The maximum absolute atomic E-state index is 15.1. The third-order valence-corrected chi connectivity index (χ3v) is 5.81. The van der Waals surface area contributed by atoms with E-state index in [4.69, 9.17) is 10.5 Å². The molecule has 3 heterocycles. The zero-order valence-corrected chi connectivity index (χ0v) is 19.1. The molecule has 10 heteroatoms. The van der Waals surface area contributed by atoms with Crippen molar-refractivity contribution in [3.8, 4) is 11.6 Å². The predicted octanol–water partition coefficient (Wildman–Crippen LogP) is 3.30. The molecule has 1 fully saturated rings. The van der Waals surface area contributed by atoms with Gasteiger partial charge in [-0.2, -0.15) is 0 Å². The summed E-state index contributed by atoms with van der Waals surface area (Å²) >= 11 is 0. The fraction of sp³-hybridized carbons (Fsp3) is 0.292. The number of benzene rings is 1. The zero-order chi connectivity index (χ0) is 24.4. The summed E-state index contributed by atoms with van der Waals surface area (Å²) in [6.07, 6.45) is 5.00. The number of hydrogen-bond donors (Lipinski definition) is 2. The van der Waals surface area contributed by atoms with Gasteiger partial charge < -0.3 is 25.3 Å². The minimum absolute atomic E-state index is 0.0345. The fourth-order valence-electron chi connectivity index (χ4n) is 4.05. The summed E-state index contributed by atoms with van der Waals surface area (Å²) < 4.78 is 35.2. The number of piperazine rings is 1. The van der Waals surface area contributed by atoms with Crippen LogP contribution in [0.3, 0.4) is 0 Å². The molecule has 34 heavy (non-hydrogen) atoms. The molecule has 1 aliphatic heterocycles. The molecule has 178 valence electrons. The minimum Gasteiger partial charge on any atom is -0.435 e. The molecule has 0 radical (unpaired) electrons. The van der Waals surface area contributed by atoms with Gasteiger partial charge >= 0.3 is 0 Å². The van der Waals surface area contributed by atoms with Crippen LogP contribution in [0.4, 0.5) is 8.78 Å². The Kier molecular flexibility index (Phi) is 6.60. The highest BCUT2D eigenvalue weighted by molar-refractivity contribution is 5.96. The Hall–Kier alpha value is -3.79. The van der Waals surface area contributed by atoms with E-state index in [1.54, 1.807) is 13.0 Å². The number of rotatable bonds is 7. The van der Waals surface area contributed by atoms with Crippen LogP contribution in [0.2, 0.25) is 0 Å². The van der Waals surface area contributed by atoms with Gasteiger partial charge in [-0.25, -0.2) is 18.7 Å². The van der Waals surface area contributed by atoms with Gasteiger partial charge in [-0.1, -0.05) is 12.7 Å². The molecule has 8 nitrogen and oxygen atoms in total. The fourth-order valence-corrected chi connectivity index (χ4v) is 4.05. The summed E-state index contributed by atoms with van der Waals surface area (Å²) in [4.78, 5) is 27.8. The number of likely N-dealkylation sites (N-methyl/N-ethyl adjacent to an activating group) is 1. The molecule has 3 aromatic rings. The molecule has 1 saturated heterocycles. The van der Waals surface area contributed by atoms with Crippen LogP contribution in [0.15, 0.2) is 42.9 Å². The van der Waals surface area contributed by atoms with Crippen molar-refractivity contribution in [2.75, 3.05) is 33.2 Å². The standard InChI is InChI=1S/C24H26F2N6O2/c1-4-5-15(32-8-6-31(3)7-9-32)11-18-20(23(27)33)24(29-13-28-18)34-19-12-17(25)22-16(21(19)26)10-14(2)30-22/h4-5,10,12-13,30H,1,6-9,11H2,2-3H3,(H2,27,33)/b15-5+. The molecule has 0 atom stereocenters. The lowest BCUT2D eigenvalue weighted by Gasteiger charge is -2.35. The largest absolute Gasteiger partial charge is 0.435 e. The number of fused-ring (bicyclic) bond motifs is 1. The average Bonchev–Trinajstić information content (AvgIpc) is 3.20. The first-order valence-corrected chi connectivity index (χ1v) is 10.8. The van der Waals surface area contributed by atoms with E-state index >= 15 is 4.39 Å². The molecule has 3 N–H and O–H groups in total. The number of nitrogens with zero attached hydrogens (tertiary/aromatic N) is 4. The molecular weight excluding hydrogens is 442 g/mol. The van der Waals surface area contributed by atoms with Crippen molar-refractivity contribution in [2.45, 2.75) is 13.3 Å². The van der Waals surface area contributed by atoms with Crippen molar-refractivity contribution in [1.29, 1.82) is 0 Å². The molecule has 0 unspecified atom stereocenters. The van der Waals surface area contributed by atoms with Gasteiger partial charge in [0.15, 0.2) is 17.4 Å². The summed E-state index contributed by atoms with van der Waals surface area (Å²) in [5.41, 5.74) is 7.41. The summed E-state index contributed by atoms with van der Waals surface area (Å²) in [6, 6.07) is 2.39. The van der Waals surface area contributed by atoms with Crippen molar-refractivity contribution in [2.24, 2.45) is 5.73 Å². The number of carbonyl (C=O) groups excluding carboxylic acids is 1. The average molecular weight is 469 g/mol. The van der Waals surface area contributed by atoms with Crippen molar-refractivity contribution in [3.05, 3.63) is 71.5 Å². The summed E-state index contributed by atoms with van der Waals surface area (Å²) in [6.45, 7) is 8.86. The number of allylic oxidation sites excluding steroid dienone is 3. The second-order valence-electron chi connectivity index (χ2n) is 8.24. The molecule has 1 aliphatic rings. The van der Waals surface area contributed by atoms with Crippen LogP contribution in [0.5, 0.6) is 11.6 Å². The van der Waals surface area contributed by atoms with Crippen LogP contribution in [0.1, 0.15) is 21.7 Å². The first kappa shape index (κ1) is 23.4. The van der Waals surface area contributed by atoms with E-state index in [2.05, 4.69) is 38.4 Å².